The second-order valence-corrected chi connectivity index (χ2v) is 11.3. The Morgan fingerprint density at radius 1 is 1.06 bits per heavy atom. The zero-order valence-corrected chi connectivity index (χ0v) is 21.4. The van der Waals surface area contributed by atoms with E-state index in [1.165, 1.54) is 11.7 Å². The lowest BCUT2D eigenvalue weighted by Crippen LogP contribution is -2.50. The third kappa shape index (κ3) is 4.24. The molecule has 4 rings (SSSR count). The number of carbonyl (C=O) groups is 1. The smallest absolute Gasteiger partial charge is 0.259 e. The molecule has 1 aliphatic rings. The van der Waals surface area contributed by atoms with Crippen molar-refractivity contribution in [3.8, 4) is 16.9 Å². The van der Waals surface area contributed by atoms with Crippen LogP contribution in [0.1, 0.15) is 19.5 Å². The Kier molecular flexibility index (Phi) is 6.10. The molecule has 2 heterocycles. The number of nitrogens with zero attached hydrogens (tertiary/aromatic N) is 3. The maximum Gasteiger partial charge on any atom is 0.259 e. The van der Waals surface area contributed by atoms with Crippen LogP contribution >= 0.6 is 34.8 Å². The van der Waals surface area contributed by atoms with E-state index in [1.54, 1.807) is 56.3 Å². The lowest BCUT2D eigenvalue weighted by molar-refractivity contribution is -0.122. The predicted octanol–water partition coefficient (Wildman–Crippen LogP) is 4.43. The lowest BCUT2D eigenvalue weighted by atomic mass is 10.0. The van der Waals surface area contributed by atoms with Gasteiger partial charge >= 0.3 is 0 Å². The van der Waals surface area contributed by atoms with Gasteiger partial charge in [-0.15, -0.1) is 0 Å². The molecule has 2 aromatic carbocycles. The molecule has 0 spiro atoms. The first-order valence-electron chi connectivity index (χ1n) is 9.95. The Bertz CT molecular complexity index is 1450. The highest BCUT2D eigenvalue weighted by molar-refractivity contribution is 7.95. The number of aromatic nitrogens is 2. The van der Waals surface area contributed by atoms with Crippen LogP contribution < -0.4 is 15.4 Å². The number of rotatable bonds is 5. The number of fused-ring (bicyclic) bond motifs is 1. The number of sulfonamides is 1. The SMILES string of the molecule is CN1c2c(nn(-c3ccc(Cl)cc3Cl)c2-c2ccc(Cl)cc2)C(NC(C)(C)C(N)=O)=CS1(=O)=O. The van der Waals surface area contributed by atoms with Crippen LogP contribution in [-0.4, -0.2) is 36.7 Å². The second kappa shape index (κ2) is 8.49. The zero-order valence-electron chi connectivity index (χ0n) is 18.3. The van der Waals surface area contributed by atoms with E-state index >= 15 is 0 Å². The molecule has 178 valence electrons. The summed E-state index contributed by atoms with van der Waals surface area (Å²) in [6.45, 7) is 3.10. The molecular weight excluding hydrogens is 521 g/mol. The van der Waals surface area contributed by atoms with E-state index in [2.05, 4.69) is 5.32 Å². The molecule has 0 fully saturated rings. The van der Waals surface area contributed by atoms with Gasteiger partial charge in [0.1, 0.15) is 16.9 Å². The first kappa shape index (κ1) is 24.4. The molecule has 3 N–H and O–H groups in total. The molecule has 0 bridgehead atoms. The number of anilines is 1. The number of halogens is 3. The van der Waals surface area contributed by atoms with Gasteiger partial charge in [-0.2, -0.15) is 5.10 Å². The van der Waals surface area contributed by atoms with Gasteiger partial charge < -0.3 is 11.1 Å². The average Bonchev–Trinajstić information content (AvgIpc) is 3.12. The lowest BCUT2D eigenvalue weighted by Gasteiger charge is -2.29. The minimum Gasteiger partial charge on any atom is -0.369 e. The third-order valence-electron chi connectivity index (χ3n) is 5.40. The first-order valence-corrected chi connectivity index (χ1v) is 12.6. The minimum atomic E-state index is -3.92. The molecule has 0 unspecified atom stereocenters. The van der Waals surface area contributed by atoms with Gasteiger partial charge in [0, 0.05) is 22.7 Å². The quantitative estimate of drug-likeness (QED) is 0.497. The highest BCUT2D eigenvalue weighted by Crippen LogP contribution is 2.43. The van der Waals surface area contributed by atoms with Gasteiger partial charge in [-0.25, -0.2) is 13.1 Å². The molecule has 1 aliphatic heterocycles. The summed E-state index contributed by atoms with van der Waals surface area (Å²) in [6, 6.07) is 11.8. The van der Waals surface area contributed by atoms with Gasteiger partial charge in [0.25, 0.3) is 10.0 Å². The van der Waals surface area contributed by atoms with Crippen LogP contribution in [0.4, 0.5) is 5.69 Å². The van der Waals surface area contributed by atoms with Crippen molar-refractivity contribution < 1.29 is 13.2 Å². The monoisotopic (exact) mass is 539 g/mol. The Morgan fingerprint density at radius 2 is 1.68 bits per heavy atom. The predicted molar refractivity (Wildman–Crippen MR) is 136 cm³/mol. The van der Waals surface area contributed by atoms with Crippen LogP contribution in [0.25, 0.3) is 22.6 Å². The number of hydrogen-bond acceptors (Lipinski definition) is 5. The van der Waals surface area contributed by atoms with Gasteiger partial charge in [-0.3, -0.25) is 9.10 Å². The highest BCUT2D eigenvalue weighted by atomic mass is 35.5. The summed E-state index contributed by atoms with van der Waals surface area (Å²) in [5.74, 6) is -0.663. The standard InChI is InChI=1S/C22H20Cl3N5O3S/c1-22(2,21(26)31)27-16-11-34(32,33)29(3)20-18(16)28-30(17-9-8-14(24)10-15(17)25)19(20)12-4-6-13(23)7-5-12/h4-11,27H,1-3H3,(H2,26,31). The van der Waals surface area contributed by atoms with Crippen molar-refractivity contribution in [3.05, 3.63) is 68.6 Å². The molecule has 1 aromatic heterocycles. The molecular formula is C22H20Cl3N5O3S. The summed E-state index contributed by atoms with van der Waals surface area (Å²) in [4.78, 5) is 12.0. The van der Waals surface area contributed by atoms with E-state index < -0.39 is 21.5 Å². The van der Waals surface area contributed by atoms with Crippen LogP contribution in [0.15, 0.2) is 47.9 Å². The maximum atomic E-state index is 13.1. The normalized spacial score (nSPS) is 15.0. The van der Waals surface area contributed by atoms with Gasteiger partial charge in [0.05, 0.1) is 27.5 Å². The van der Waals surface area contributed by atoms with Crippen molar-refractivity contribution in [1.29, 1.82) is 0 Å². The molecule has 0 saturated carbocycles. The van der Waals surface area contributed by atoms with Crippen LogP contribution in [0, 0.1) is 0 Å². The summed E-state index contributed by atoms with van der Waals surface area (Å²) in [5.41, 5.74) is 6.53. The van der Waals surface area contributed by atoms with Crippen molar-refractivity contribution in [2.24, 2.45) is 5.73 Å². The zero-order chi connectivity index (χ0) is 25.0. The van der Waals surface area contributed by atoms with Crippen LogP contribution in [0.5, 0.6) is 0 Å². The molecule has 8 nitrogen and oxygen atoms in total. The molecule has 12 heteroatoms. The van der Waals surface area contributed by atoms with Crippen molar-refractivity contribution in [2.45, 2.75) is 19.4 Å². The van der Waals surface area contributed by atoms with Crippen LogP contribution in [0.3, 0.4) is 0 Å². The van der Waals surface area contributed by atoms with E-state index in [1.807, 2.05) is 0 Å². The second-order valence-electron chi connectivity index (χ2n) is 8.22. The first-order chi connectivity index (χ1) is 15.8. The number of nitrogens with two attached hydrogens (primary N) is 1. The largest absolute Gasteiger partial charge is 0.369 e. The van der Waals surface area contributed by atoms with Gasteiger partial charge in [0.2, 0.25) is 5.91 Å². The highest BCUT2D eigenvalue weighted by Gasteiger charge is 2.38. The Hall–Kier alpha value is -2.72. The van der Waals surface area contributed by atoms with Gasteiger partial charge in [-0.1, -0.05) is 46.9 Å². The van der Waals surface area contributed by atoms with Crippen molar-refractivity contribution in [2.75, 3.05) is 11.4 Å². The van der Waals surface area contributed by atoms with Gasteiger partial charge in [0.15, 0.2) is 0 Å². The third-order valence-corrected chi connectivity index (χ3v) is 7.67. The molecule has 0 saturated heterocycles. The Balaban J connectivity index is 2.06. The fourth-order valence-corrected chi connectivity index (χ4v) is 5.15. The number of carbonyl (C=O) groups excluding carboxylic acids is 1. The molecule has 3 aromatic rings. The number of amides is 1. The number of nitrogens with one attached hydrogen (secondary N) is 1. The number of hydrogen-bond donors (Lipinski definition) is 2. The van der Waals surface area contributed by atoms with E-state index in [9.17, 15) is 13.2 Å². The van der Waals surface area contributed by atoms with E-state index in [0.29, 0.717) is 43.4 Å². The number of benzene rings is 2. The minimum absolute atomic E-state index is 0.121. The summed E-state index contributed by atoms with van der Waals surface area (Å²) < 4.78 is 28.9. The van der Waals surface area contributed by atoms with Crippen molar-refractivity contribution in [3.63, 3.8) is 0 Å². The van der Waals surface area contributed by atoms with Crippen molar-refractivity contribution >= 4 is 62.1 Å². The van der Waals surface area contributed by atoms with Crippen molar-refractivity contribution in [1.82, 2.24) is 15.1 Å². The molecule has 0 radical (unpaired) electrons. The summed E-state index contributed by atoms with van der Waals surface area (Å²) in [6.07, 6.45) is 0. The summed E-state index contributed by atoms with van der Waals surface area (Å²) in [5, 5.41) is 9.93. The average molecular weight is 541 g/mol. The topological polar surface area (TPSA) is 110 Å². The van der Waals surface area contributed by atoms with Gasteiger partial charge in [-0.05, 0) is 44.2 Å². The molecule has 0 atom stereocenters. The summed E-state index contributed by atoms with van der Waals surface area (Å²) >= 11 is 18.7. The van der Waals surface area contributed by atoms with E-state index in [0.717, 1.165) is 9.71 Å². The fraction of sp³-hybridized carbons (Fsp3) is 0.182. The Labute approximate surface area is 211 Å². The van der Waals surface area contributed by atoms with E-state index in [4.69, 9.17) is 45.6 Å². The fourth-order valence-electron chi connectivity index (χ4n) is 3.48. The number of primary amides is 1. The summed E-state index contributed by atoms with van der Waals surface area (Å²) in [7, 11) is -2.50. The Morgan fingerprint density at radius 3 is 2.26 bits per heavy atom. The van der Waals surface area contributed by atoms with E-state index in [-0.39, 0.29) is 5.70 Å². The van der Waals surface area contributed by atoms with Crippen LogP contribution in [-0.2, 0) is 14.8 Å². The molecule has 1 amide bonds. The molecule has 0 aliphatic carbocycles. The van der Waals surface area contributed by atoms with Crippen LogP contribution in [0.2, 0.25) is 15.1 Å². The maximum absolute atomic E-state index is 13.1. The molecule has 34 heavy (non-hydrogen) atoms.